The van der Waals surface area contributed by atoms with E-state index in [0.29, 0.717) is 25.9 Å². The van der Waals surface area contributed by atoms with Gasteiger partial charge < -0.3 is 10.6 Å². The Labute approximate surface area is 112 Å². The molecule has 102 valence electrons. The molecule has 1 heterocycles. The smallest absolute Gasteiger partial charge is 0.236 e. The van der Waals surface area contributed by atoms with Crippen molar-refractivity contribution in [2.45, 2.75) is 32.7 Å². The standard InChI is InChI=1S/C14H19N3O2/c1-2-8-16-12(18)14(6-7-14)13(19)17-10-11-5-3-4-9-15-11/h3-5,9H,2,6-8,10H2,1H3,(H,16,18)(H,17,19). The van der Waals surface area contributed by atoms with Gasteiger partial charge in [-0.1, -0.05) is 13.0 Å². The molecule has 2 amide bonds. The second-order valence-corrected chi connectivity index (χ2v) is 4.84. The third-order valence-corrected chi connectivity index (χ3v) is 3.31. The van der Waals surface area contributed by atoms with Gasteiger partial charge in [-0.05, 0) is 31.4 Å². The van der Waals surface area contributed by atoms with Crippen LogP contribution < -0.4 is 10.6 Å². The number of amides is 2. The molecule has 0 spiro atoms. The summed E-state index contributed by atoms with van der Waals surface area (Å²) in [6.07, 6.45) is 3.83. The van der Waals surface area contributed by atoms with E-state index in [1.165, 1.54) is 0 Å². The van der Waals surface area contributed by atoms with E-state index in [0.717, 1.165) is 12.1 Å². The van der Waals surface area contributed by atoms with Crippen molar-refractivity contribution in [3.05, 3.63) is 30.1 Å². The average molecular weight is 261 g/mol. The molecule has 0 radical (unpaired) electrons. The van der Waals surface area contributed by atoms with Gasteiger partial charge in [-0.25, -0.2) is 0 Å². The van der Waals surface area contributed by atoms with Crippen molar-refractivity contribution >= 4 is 11.8 Å². The first-order valence-electron chi connectivity index (χ1n) is 6.65. The van der Waals surface area contributed by atoms with Crippen LogP contribution in [0.15, 0.2) is 24.4 Å². The molecule has 0 unspecified atom stereocenters. The molecule has 1 saturated carbocycles. The van der Waals surface area contributed by atoms with Gasteiger partial charge in [-0.2, -0.15) is 0 Å². The van der Waals surface area contributed by atoms with Crippen molar-refractivity contribution < 1.29 is 9.59 Å². The molecule has 2 N–H and O–H groups in total. The number of hydrogen-bond donors (Lipinski definition) is 2. The van der Waals surface area contributed by atoms with Gasteiger partial charge in [0.05, 0.1) is 12.2 Å². The van der Waals surface area contributed by atoms with Crippen LogP contribution >= 0.6 is 0 Å². The summed E-state index contributed by atoms with van der Waals surface area (Å²) in [5.41, 5.74) is -0.0372. The third kappa shape index (κ3) is 3.10. The molecule has 5 nitrogen and oxygen atoms in total. The van der Waals surface area contributed by atoms with E-state index < -0.39 is 5.41 Å². The van der Waals surface area contributed by atoms with Gasteiger partial charge in [0.2, 0.25) is 11.8 Å². The van der Waals surface area contributed by atoms with Crippen LogP contribution in [0.4, 0.5) is 0 Å². The minimum atomic E-state index is -0.829. The van der Waals surface area contributed by atoms with Gasteiger partial charge in [0.1, 0.15) is 5.41 Å². The molecular formula is C14H19N3O2. The first-order chi connectivity index (χ1) is 9.19. The maximum Gasteiger partial charge on any atom is 0.236 e. The first kappa shape index (κ1) is 13.5. The van der Waals surface area contributed by atoms with Gasteiger partial charge in [0.25, 0.3) is 0 Å². The molecule has 0 aromatic carbocycles. The summed E-state index contributed by atoms with van der Waals surface area (Å²) in [6, 6.07) is 5.54. The number of aromatic nitrogens is 1. The van der Waals surface area contributed by atoms with E-state index in [1.807, 2.05) is 25.1 Å². The number of rotatable bonds is 6. The summed E-state index contributed by atoms with van der Waals surface area (Å²) in [7, 11) is 0. The minimum Gasteiger partial charge on any atom is -0.355 e. The summed E-state index contributed by atoms with van der Waals surface area (Å²) in [5.74, 6) is -0.334. The Hall–Kier alpha value is -1.91. The molecule has 1 aromatic rings. The zero-order valence-corrected chi connectivity index (χ0v) is 11.1. The molecule has 1 aliphatic carbocycles. The number of hydrogen-bond acceptors (Lipinski definition) is 3. The predicted molar refractivity (Wildman–Crippen MR) is 71.1 cm³/mol. The maximum atomic E-state index is 12.1. The van der Waals surface area contributed by atoms with Crippen LogP contribution in [0, 0.1) is 5.41 Å². The SMILES string of the molecule is CCCNC(=O)C1(C(=O)NCc2ccccn2)CC1. The highest BCUT2D eigenvalue weighted by molar-refractivity contribution is 6.07. The average Bonchev–Trinajstić information content (AvgIpc) is 3.25. The van der Waals surface area contributed by atoms with E-state index in [2.05, 4.69) is 15.6 Å². The van der Waals surface area contributed by atoms with Crippen molar-refractivity contribution in [3.8, 4) is 0 Å². The molecule has 5 heteroatoms. The monoisotopic (exact) mass is 261 g/mol. The summed E-state index contributed by atoms with van der Waals surface area (Å²) < 4.78 is 0. The molecule has 0 bridgehead atoms. The Morgan fingerprint density at radius 3 is 2.58 bits per heavy atom. The van der Waals surface area contributed by atoms with Gasteiger partial charge in [-0.3, -0.25) is 14.6 Å². The van der Waals surface area contributed by atoms with Crippen molar-refractivity contribution in [2.75, 3.05) is 6.54 Å². The Balaban J connectivity index is 1.87. The number of carbonyl (C=O) groups is 2. The van der Waals surface area contributed by atoms with Gasteiger partial charge in [-0.15, -0.1) is 0 Å². The molecule has 0 aliphatic heterocycles. The Kier molecular flexibility index (Phi) is 4.14. The lowest BCUT2D eigenvalue weighted by Crippen LogP contribution is -2.43. The van der Waals surface area contributed by atoms with Crippen LogP contribution in [0.1, 0.15) is 31.9 Å². The highest BCUT2D eigenvalue weighted by Gasteiger charge is 2.56. The van der Waals surface area contributed by atoms with Crippen LogP contribution in [0.3, 0.4) is 0 Å². The number of nitrogens with zero attached hydrogens (tertiary/aromatic N) is 1. The van der Waals surface area contributed by atoms with E-state index >= 15 is 0 Å². The van der Waals surface area contributed by atoms with Crippen LogP contribution in [-0.2, 0) is 16.1 Å². The maximum absolute atomic E-state index is 12.1. The summed E-state index contributed by atoms with van der Waals surface area (Å²) >= 11 is 0. The van der Waals surface area contributed by atoms with Gasteiger partial charge in [0, 0.05) is 12.7 Å². The lowest BCUT2D eigenvalue weighted by molar-refractivity contribution is -0.137. The van der Waals surface area contributed by atoms with Crippen molar-refractivity contribution in [1.29, 1.82) is 0 Å². The fourth-order valence-electron chi connectivity index (χ4n) is 1.93. The lowest BCUT2D eigenvalue weighted by atomic mass is 10.1. The Morgan fingerprint density at radius 2 is 2.00 bits per heavy atom. The van der Waals surface area contributed by atoms with Crippen molar-refractivity contribution in [2.24, 2.45) is 5.41 Å². The number of carbonyl (C=O) groups excluding carboxylic acids is 2. The molecule has 19 heavy (non-hydrogen) atoms. The Morgan fingerprint density at radius 1 is 1.26 bits per heavy atom. The molecule has 0 atom stereocenters. The Bertz CT molecular complexity index is 455. The molecule has 2 rings (SSSR count). The lowest BCUT2D eigenvalue weighted by Gasteiger charge is -2.14. The van der Waals surface area contributed by atoms with Crippen LogP contribution in [0.5, 0.6) is 0 Å². The van der Waals surface area contributed by atoms with Gasteiger partial charge in [0.15, 0.2) is 0 Å². The van der Waals surface area contributed by atoms with E-state index in [4.69, 9.17) is 0 Å². The van der Waals surface area contributed by atoms with Crippen LogP contribution in [-0.4, -0.2) is 23.3 Å². The van der Waals surface area contributed by atoms with E-state index in [9.17, 15) is 9.59 Å². The number of pyridine rings is 1. The number of nitrogens with one attached hydrogen (secondary N) is 2. The molecule has 0 saturated heterocycles. The summed E-state index contributed by atoms with van der Waals surface area (Å²) in [6.45, 7) is 2.97. The van der Waals surface area contributed by atoms with Crippen molar-refractivity contribution in [1.82, 2.24) is 15.6 Å². The second kappa shape index (κ2) is 5.82. The molecular weight excluding hydrogens is 242 g/mol. The molecule has 1 aliphatic rings. The zero-order valence-electron chi connectivity index (χ0n) is 11.1. The van der Waals surface area contributed by atoms with Crippen LogP contribution in [0.2, 0.25) is 0 Å². The zero-order chi connectivity index (χ0) is 13.7. The van der Waals surface area contributed by atoms with Gasteiger partial charge >= 0.3 is 0 Å². The molecule has 1 fully saturated rings. The highest BCUT2D eigenvalue weighted by Crippen LogP contribution is 2.46. The van der Waals surface area contributed by atoms with E-state index in [-0.39, 0.29) is 11.8 Å². The summed E-state index contributed by atoms with van der Waals surface area (Å²) in [5, 5.41) is 5.60. The highest BCUT2D eigenvalue weighted by atomic mass is 16.2. The largest absolute Gasteiger partial charge is 0.355 e. The van der Waals surface area contributed by atoms with E-state index in [1.54, 1.807) is 6.20 Å². The third-order valence-electron chi connectivity index (χ3n) is 3.31. The topological polar surface area (TPSA) is 71.1 Å². The quantitative estimate of drug-likeness (QED) is 0.751. The van der Waals surface area contributed by atoms with Crippen LogP contribution in [0.25, 0.3) is 0 Å². The normalized spacial score (nSPS) is 15.6. The first-order valence-corrected chi connectivity index (χ1v) is 6.65. The molecule has 1 aromatic heterocycles. The predicted octanol–water partition coefficient (Wildman–Crippen LogP) is 1.00. The summed E-state index contributed by atoms with van der Waals surface area (Å²) in [4.78, 5) is 28.2. The fourth-order valence-corrected chi connectivity index (χ4v) is 1.93. The van der Waals surface area contributed by atoms with Crippen molar-refractivity contribution in [3.63, 3.8) is 0 Å². The fraction of sp³-hybridized carbons (Fsp3) is 0.500. The minimum absolute atomic E-state index is 0.145. The second-order valence-electron chi connectivity index (χ2n) is 4.84.